The molecule has 6 nitrogen and oxygen atoms in total. The number of aryl methyl sites for hydroxylation is 1. The van der Waals surface area contributed by atoms with Crippen LogP contribution in [0.2, 0.25) is 0 Å². The highest BCUT2D eigenvalue weighted by Gasteiger charge is 2.37. The third-order valence-corrected chi connectivity index (χ3v) is 8.06. The van der Waals surface area contributed by atoms with Crippen molar-refractivity contribution in [3.63, 3.8) is 0 Å². The standard InChI is InChI=1S/C26H32BrN3O3/c1-18-21(25(28-33-18)19-8-4-3-5-9-19)17-32-26-24(27)23(12-15-31-26)30-14-6-10-20(16-30)22-11-7-13-29(22)2/h3-6,8-10,16,22-24,26H,7,11-15,17H2,1-2H3. The predicted octanol–water partition coefficient (Wildman–Crippen LogP) is 4.90. The minimum atomic E-state index is -0.335. The lowest BCUT2D eigenvalue weighted by molar-refractivity contribution is -0.175. The lowest BCUT2D eigenvalue weighted by Gasteiger charge is -2.42. The van der Waals surface area contributed by atoms with Gasteiger partial charge in [-0.2, -0.15) is 0 Å². The maximum absolute atomic E-state index is 6.30. The molecule has 2 fully saturated rings. The average Bonchev–Trinajstić information content (AvgIpc) is 3.44. The summed E-state index contributed by atoms with van der Waals surface area (Å²) in [5.74, 6) is 0.779. The summed E-state index contributed by atoms with van der Waals surface area (Å²) in [5, 5.41) is 4.27. The highest BCUT2D eigenvalue weighted by molar-refractivity contribution is 9.09. The van der Waals surface area contributed by atoms with Crippen molar-refractivity contribution in [1.82, 2.24) is 15.0 Å². The smallest absolute Gasteiger partial charge is 0.172 e. The van der Waals surface area contributed by atoms with E-state index < -0.39 is 0 Å². The molecule has 4 unspecified atom stereocenters. The van der Waals surface area contributed by atoms with Crippen molar-refractivity contribution in [3.8, 4) is 11.3 Å². The van der Waals surface area contributed by atoms with Gasteiger partial charge in [0.2, 0.25) is 0 Å². The molecule has 3 aliphatic rings. The molecule has 3 aliphatic heterocycles. The first kappa shape index (κ1) is 22.8. The number of hydrogen-bond donors (Lipinski definition) is 0. The summed E-state index contributed by atoms with van der Waals surface area (Å²) in [6, 6.07) is 10.9. The van der Waals surface area contributed by atoms with Crippen LogP contribution in [0.1, 0.15) is 30.6 Å². The lowest BCUT2D eigenvalue weighted by Crippen LogP contribution is -2.50. The van der Waals surface area contributed by atoms with E-state index in [9.17, 15) is 0 Å². The Morgan fingerprint density at radius 2 is 2.06 bits per heavy atom. The van der Waals surface area contributed by atoms with Crippen molar-refractivity contribution in [3.05, 3.63) is 65.6 Å². The normalized spacial score (nSPS) is 28.3. The van der Waals surface area contributed by atoms with Crippen LogP contribution in [0.4, 0.5) is 0 Å². The first-order valence-electron chi connectivity index (χ1n) is 11.8. The molecule has 4 atom stereocenters. The van der Waals surface area contributed by atoms with Crippen molar-refractivity contribution < 1.29 is 14.0 Å². The topological polar surface area (TPSA) is 51.0 Å². The van der Waals surface area contributed by atoms with Gasteiger partial charge in [-0.3, -0.25) is 4.90 Å². The summed E-state index contributed by atoms with van der Waals surface area (Å²) >= 11 is 3.92. The third kappa shape index (κ3) is 4.83. The summed E-state index contributed by atoms with van der Waals surface area (Å²) in [6.07, 6.45) is 10.1. The Balaban J connectivity index is 1.27. The fourth-order valence-corrected chi connectivity index (χ4v) is 6.01. The summed E-state index contributed by atoms with van der Waals surface area (Å²) in [6.45, 7) is 5.10. The van der Waals surface area contributed by atoms with Crippen molar-refractivity contribution >= 4 is 15.9 Å². The van der Waals surface area contributed by atoms with E-state index >= 15 is 0 Å². The van der Waals surface area contributed by atoms with E-state index in [-0.39, 0.29) is 11.1 Å². The maximum atomic E-state index is 6.30. The Morgan fingerprint density at radius 3 is 2.85 bits per heavy atom. The Bertz CT molecular complexity index is 1010. The Labute approximate surface area is 204 Å². The molecule has 33 heavy (non-hydrogen) atoms. The van der Waals surface area contributed by atoms with E-state index in [2.05, 4.69) is 56.3 Å². The molecule has 2 aromatic rings. The first-order chi connectivity index (χ1) is 16.1. The number of likely N-dealkylation sites (N-methyl/N-ethyl adjacent to an activating group) is 1. The van der Waals surface area contributed by atoms with Gasteiger partial charge in [0.05, 0.1) is 18.0 Å². The molecule has 0 N–H and O–H groups in total. The van der Waals surface area contributed by atoms with Crippen LogP contribution in [0.3, 0.4) is 0 Å². The molecule has 0 spiro atoms. The molecule has 0 saturated carbocycles. The first-order valence-corrected chi connectivity index (χ1v) is 12.8. The van der Waals surface area contributed by atoms with E-state index in [1.807, 2.05) is 37.3 Å². The van der Waals surface area contributed by atoms with Crippen LogP contribution in [-0.2, 0) is 16.1 Å². The molecule has 0 aliphatic carbocycles. The highest BCUT2D eigenvalue weighted by atomic mass is 79.9. The summed E-state index contributed by atoms with van der Waals surface area (Å²) in [5.41, 5.74) is 4.25. The highest BCUT2D eigenvalue weighted by Crippen LogP contribution is 2.33. The van der Waals surface area contributed by atoms with Crippen LogP contribution in [0.25, 0.3) is 11.3 Å². The molecule has 2 saturated heterocycles. The Hall–Kier alpha value is -1.93. The largest absolute Gasteiger partial charge is 0.369 e. The maximum Gasteiger partial charge on any atom is 0.172 e. The van der Waals surface area contributed by atoms with Crippen molar-refractivity contribution in [2.45, 2.75) is 56.0 Å². The minimum Gasteiger partial charge on any atom is -0.369 e. The second-order valence-electron chi connectivity index (χ2n) is 9.15. The third-order valence-electron chi connectivity index (χ3n) is 7.02. The van der Waals surface area contributed by atoms with Gasteiger partial charge in [0.1, 0.15) is 11.5 Å². The summed E-state index contributed by atoms with van der Waals surface area (Å²) < 4.78 is 17.8. The number of aromatic nitrogens is 1. The van der Waals surface area contributed by atoms with Crippen molar-refractivity contribution in [2.75, 3.05) is 26.7 Å². The van der Waals surface area contributed by atoms with Crippen molar-refractivity contribution in [1.29, 1.82) is 0 Å². The number of benzene rings is 1. The predicted molar refractivity (Wildman–Crippen MR) is 132 cm³/mol. The zero-order chi connectivity index (χ0) is 22.8. The summed E-state index contributed by atoms with van der Waals surface area (Å²) in [7, 11) is 2.23. The lowest BCUT2D eigenvalue weighted by atomic mass is 10.00. The SMILES string of the molecule is Cc1onc(-c2ccccc2)c1COC1OCCC(N2C=C(C3CCCN3C)C=CC2)C1Br. The minimum absolute atomic E-state index is 0.0666. The number of nitrogens with zero attached hydrogens (tertiary/aromatic N) is 3. The molecule has 0 bridgehead atoms. The second kappa shape index (κ2) is 10.1. The number of ether oxygens (including phenoxy) is 2. The molecule has 0 amide bonds. The molecule has 1 aromatic heterocycles. The van der Waals surface area contributed by atoms with E-state index in [1.165, 1.54) is 25.0 Å². The summed E-state index contributed by atoms with van der Waals surface area (Å²) in [4.78, 5) is 4.99. The van der Waals surface area contributed by atoms with Gasteiger partial charge in [0.15, 0.2) is 6.29 Å². The van der Waals surface area contributed by atoms with Crippen LogP contribution in [0.5, 0.6) is 0 Å². The van der Waals surface area contributed by atoms with Crippen LogP contribution < -0.4 is 0 Å². The average molecular weight is 514 g/mol. The number of halogens is 1. The van der Waals surface area contributed by atoms with Gasteiger partial charge in [-0.05, 0) is 45.4 Å². The van der Waals surface area contributed by atoms with Crippen LogP contribution >= 0.6 is 15.9 Å². The van der Waals surface area contributed by atoms with Gasteiger partial charge >= 0.3 is 0 Å². The van der Waals surface area contributed by atoms with Crippen LogP contribution in [-0.4, -0.2) is 64.9 Å². The number of likely N-dealkylation sites (tertiary alicyclic amines) is 1. The van der Waals surface area contributed by atoms with Crippen LogP contribution in [0.15, 0.2) is 58.8 Å². The Morgan fingerprint density at radius 1 is 1.21 bits per heavy atom. The van der Waals surface area contributed by atoms with Gasteiger partial charge in [-0.25, -0.2) is 0 Å². The Kier molecular flexibility index (Phi) is 7.02. The molecular weight excluding hydrogens is 482 g/mol. The number of hydrogen-bond acceptors (Lipinski definition) is 6. The van der Waals surface area contributed by atoms with Gasteiger partial charge in [0, 0.05) is 36.0 Å². The molecular formula is C26H32BrN3O3. The zero-order valence-electron chi connectivity index (χ0n) is 19.3. The molecule has 7 heteroatoms. The fourth-order valence-electron chi connectivity index (χ4n) is 5.13. The van der Waals surface area contributed by atoms with E-state index in [4.69, 9.17) is 14.0 Å². The second-order valence-corrected chi connectivity index (χ2v) is 10.2. The number of rotatable bonds is 6. The fraction of sp³-hybridized carbons (Fsp3) is 0.500. The molecule has 176 valence electrons. The number of alkyl halides is 1. The van der Waals surface area contributed by atoms with Gasteiger partial charge in [-0.1, -0.05) is 63.6 Å². The monoisotopic (exact) mass is 513 g/mol. The van der Waals surface area contributed by atoms with Crippen molar-refractivity contribution in [2.24, 2.45) is 0 Å². The molecule has 4 heterocycles. The molecule has 1 aromatic carbocycles. The van der Waals surface area contributed by atoms with Gasteiger partial charge in [0.25, 0.3) is 0 Å². The van der Waals surface area contributed by atoms with Gasteiger partial charge in [-0.15, -0.1) is 0 Å². The van der Waals surface area contributed by atoms with Gasteiger partial charge < -0.3 is 18.9 Å². The molecule has 5 rings (SSSR count). The zero-order valence-corrected chi connectivity index (χ0v) is 20.9. The molecule has 0 radical (unpaired) electrons. The van der Waals surface area contributed by atoms with Crippen LogP contribution in [0, 0.1) is 6.92 Å². The van der Waals surface area contributed by atoms with E-state index in [0.717, 1.165) is 35.5 Å². The van der Waals surface area contributed by atoms with E-state index in [1.54, 1.807) is 0 Å². The van der Waals surface area contributed by atoms with E-state index in [0.29, 0.717) is 25.3 Å². The quantitative estimate of drug-likeness (QED) is 0.512.